The molecule has 0 aliphatic carbocycles. The lowest BCUT2D eigenvalue weighted by atomic mass is 10.1. The number of carbonyl (C=O) groups is 1. The maximum atomic E-state index is 12.9. The van der Waals surface area contributed by atoms with Crippen LogP contribution in [0.2, 0.25) is 0 Å². The molecule has 1 heterocycles. The average molecular weight is 405 g/mol. The minimum Gasteiger partial charge on any atom is -1.00 e. The Bertz CT molecular complexity index is 637. The summed E-state index contributed by atoms with van der Waals surface area (Å²) in [6, 6.07) is 19.3. The molecule has 0 radical (unpaired) electrons. The summed E-state index contributed by atoms with van der Waals surface area (Å²) in [5.41, 5.74) is 1.64. The molecule has 2 aromatic rings. The van der Waals surface area contributed by atoms with Gasteiger partial charge in [0.05, 0.1) is 32.0 Å². The molecule has 134 valence electrons. The van der Waals surface area contributed by atoms with Gasteiger partial charge in [-0.1, -0.05) is 36.4 Å². The second-order valence-corrected chi connectivity index (χ2v) is 7.00. The Morgan fingerprint density at radius 3 is 2.00 bits per heavy atom. The van der Waals surface area contributed by atoms with E-state index < -0.39 is 0 Å². The Morgan fingerprint density at radius 2 is 1.52 bits per heavy atom. The molecular formula is C20H25BrN2O2. The van der Waals surface area contributed by atoms with Gasteiger partial charge in [-0.3, -0.25) is 0 Å². The highest BCUT2D eigenvalue weighted by atomic mass is 79.9. The number of piperidine rings is 1. The van der Waals surface area contributed by atoms with E-state index in [1.165, 1.54) is 0 Å². The number of ether oxygens (including phenoxy) is 1. The number of hydrogen-bond acceptors (Lipinski definition) is 2. The van der Waals surface area contributed by atoms with Crippen LogP contribution >= 0.6 is 0 Å². The van der Waals surface area contributed by atoms with Crippen molar-refractivity contribution in [1.82, 2.24) is 0 Å². The van der Waals surface area contributed by atoms with Crippen LogP contribution in [0.25, 0.3) is 0 Å². The van der Waals surface area contributed by atoms with Crippen LogP contribution in [0.1, 0.15) is 12.8 Å². The number of nitrogens with zero attached hydrogens (tertiary/aromatic N) is 2. The topological polar surface area (TPSA) is 29.5 Å². The lowest BCUT2D eigenvalue weighted by Crippen LogP contribution is -3.00. The van der Waals surface area contributed by atoms with E-state index in [2.05, 4.69) is 14.1 Å². The molecule has 0 N–H and O–H groups in total. The average Bonchev–Trinajstić information content (AvgIpc) is 2.56. The maximum Gasteiger partial charge on any atom is 0.419 e. The summed E-state index contributed by atoms with van der Waals surface area (Å²) in [5.74, 6) is 0. The first-order valence-corrected chi connectivity index (χ1v) is 8.48. The van der Waals surface area contributed by atoms with Crippen molar-refractivity contribution >= 4 is 17.5 Å². The predicted octanol–water partition coefficient (Wildman–Crippen LogP) is 1.20. The van der Waals surface area contributed by atoms with Gasteiger partial charge in [0.15, 0.2) is 6.10 Å². The molecule has 0 bridgehead atoms. The van der Waals surface area contributed by atoms with Crippen LogP contribution in [0.5, 0.6) is 0 Å². The third kappa shape index (κ3) is 5.06. The van der Waals surface area contributed by atoms with Crippen LogP contribution in [0.3, 0.4) is 0 Å². The van der Waals surface area contributed by atoms with Gasteiger partial charge in [0.1, 0.15) is 6.54 Å². The van der Waals surface area contributed by atoms with Gasteiger partial charge in [-0.25, -0.2) is 9.69 Å². The van der Waals surface area contributed by atoms with Crippen LogP contribution in [-0.4, -0.2) is 43.9 Å². The first-order chi connectivity index (χ1) is 11.6. The first-order valence-electron chi connectivity index (χ1n) is 8.48. The Morgan fingerprint density at radius 1 is 1.00 bits per heavy atom. The SMILES string of the molecule is C[N+]1(C)CCCC(OC(=O)N(c2ccccc2)c2ccccc2)C1.[Br-]. The van der Waals surface area contributed by atoms with Crippen LogP contribution in [0.4, 0.5) is 16.2 Å². The third-order valence-corrected chi connectivity index (χ3v) is 4.47. The van der Waals surface area contributed by atoms with E-state index in [4.69, 9.17) is 4.74 Å². The molecule has 0 saturated carbocycles. The van der Waals surface area contributed by atoms with Crippen molar-refractivity contribution in [3.8, 4) is 0 Å². The number of halogens is 1. The van der Waals surface area contributed by atoms with Crippen LogP contribution < -0.4 is 21.9 Å². The summed E-state index contributed by atoms with van der Waals surface area (Å²) in [7, 11) is 4.37. The Labute approximate surface area is 160 Å². The largest absolute Gasteiger partial charge is 1.00 e. The minimum atomic E-state index is -0.306. The quantitative estimate of drug-likeness (QED) is 0.719. The van der Waals surface area contributed by atoms with Crippen molar-refractivity contribution in [2.24, 2.45) is 0 Å². The summed E-state index contributed by atoms with van der Waals surface area (Å²) in [5, 5.41) is 0. The van der Waals surface area contributed by atoms with Crippen LogP contribution in [0.15, 0.2) is 60.7 Å². The van der Waals surface area contributed by atoms with Crippen molar-refractivity contribution in [3.63, 3.8) is 0 Å². The van der Waals surface area contributed by atoms with Crippen LogP contribution in [-0.2, 0) is 4.74 Å². The summed E-state index contributed by atoms with van der Waals surface area (Å²) < 4.78 is 6.77. The fourth-order valence-corrected chi connectivity index (χ4v) is 3.29. The van der Waals surface area contributed by atoms with Gasteiger partial charge in [-0.05, 0) is 30.7 Å². The van der Waals surface area contributed by atoms with Gasteiger partial charge < -0.3 is 26.2 Å². The van der Waals surface area contributed by atoms with Crippen molar-refractivity contribution in [2.45, 2.75) is 18.9 Å². The fourth-order valence-electron chi connectivity index (χ4n) is 3.29. The normalized spacial score (nSPS) is 18.7. The number of hydrogen-bond donors (Lipinski definition) is 0. The third-order valence-electron chi connectivity index (χ3n) is 4.47. The summed E-state index contributed by atoms with van der Waals surface area (Å²) in [6.07, 6.45) is 1.68. The molecule has 25 heavy (non-hydrogen) atoms. The highest BCUT2D eigenvalue weighted by Gasteiger charge is 2.31. The fraction of sp³-hybridized carbons (Fsp3) is 0.350. The molecular weight excluding hydrogens is 380 g/mol. The molecule has 1 unspecified atom stereocenters. The maximum absolute atomic E-state index is 12.9. The molecule has 2 aromatic carbocycles. The van der Waals surface area contributed by atoms with Gasteiger partial charge in [-0.2, -0.15) is 0 Å². The van der Waals surface area contributed by atoms with Crippen molar-refractivity contribution in [1.29, 1.82) is 0 Å². The highest BCUT2D eigenvalue weighted by Crippen LogP contribution is 2.27. The Balaban J connectivity index is 0.00000225. The number of rotatable bonds is 3. The Hall–Kier alpha value is -1.85. The van der Waals surface area contributed by atoms with E-state index in [1.807, 2.05) is 60.7 Å². The number of para-hydroxylation sites is 2. The molecule has 1 aliphatic heterocycles. The number of anilines is 2. The van der Waals surface area contributed by atoms with E-state index >= 15 is 0 Å². The second kappa shape index (κ2) is 8.50. The molecule has 1 saturated heterocycles. The van der Waals surface area contributed by atoms with Crippen molar-refractivity contribution < 1.29 is 31.0 Å². The highest BCUT2D eigenvalue weighted by molar-refractivity contribution is 5.96. The Kier molecular flexibility index (Phi) is 6.62. The smallest absolute Gasteiger partial charge is 0.419 e. The van der Waals surface area contributed by atoms with E-state index in [0.29, 0.717) is 0 Å². The zero-order valence-corrected chi connectivity index (χ0v) is 16.4. The number of benzene rings is 2. The van der Waals surface area contributed by atoms with Gasteiger partial charge in [-0.15, -0.1) is 0 Å². The predicted molar refractivity (Wildman–Crippen MR) is 96.4 cm³/mol. The summed E-state index contributed by atoms with van der Waals surface area (Å²) >= 11 is 0. The first kappa shape index (κ1) is 19.5. The van der Waals surface area contributed by atoms with Crippen molar-refractivity contribution in [2.75, 3.05) is 32.1 Å². The van der Waals surface area contributed by atoms with Gasteiger partial charge in [0.2, 0.25) is 0 Å². The van der Waals surface area contributed by atoms with E-state index in [0.717, 1.165) is 41.8 Å². The van der Waals surface area contributed by atoms with Gasteiger partial charge >= 0.3 is 6.09 Å². The van der Waals surface area contributed by atoms with Crippen molar-refractivity contribution in [3.05, 3.63) is 60.7 Å². The zero-order valence-electron chi connectivity index (χ0n) is 14.8. The van der Waals surface area contributed by atoms with E-state index in [-0.39, 0.29) is 29.2 Å². The summed E-state index contributed by atoms with van der Waals surface area (Å²) in [6.45, 7) is 2.00. The molecule has 1 fully saturated rings. The van der Waals surface area contributed by atoms with Crippen LogP contribution in [0, 0.1) is 0 Å². The molecule has 3 rings (SSSR count). The molecule has 1 aliphatic rings. The molecule has 5 heteroatoms. The zero-order chi connectivity index (χ0) is 17.0. The molecule has 1 atom stereocenters. The number of quaternary nitrogens is 1. The van der Waals surface area contributed by atoms with E-state index in [1.54, 1.807) is 4.90 Å². The number of likely N-dealkylation sites (tertiary alicyclic amines) is 1. The van der Waals surface area contributed by atoms with E-state index in [9.17, 15) is 4.79 Å². The number of amides is 1. The molecule has 0 aromatic heterocycles. The number of likely N-dealkylation sites (N-methyl/N-ethyl adjacent to an activating group) is 1. The molecule has 0 spiro atoms. The van der Waals surface area contributed by atoms with Gasteiger partial charge in [0, 0.05) is 6.42 Å². The minimum absolute atomic E-state index is 0. The summed E-state index contributed by atoms with van der Waals surface area (Å²) in [4.78, 5) is 14.6. The standard InChI is InChI=1S/C20H25N2O2.BrH/c1-22(2)15-9-14-19(16-22)24-20(23)21(17-10-5-3-6-11-17)18-12-7-4-8-13-18;/h3-8,10-13,19H,9,14-16H2,1-2H3;1H/q+1;/p-1. The lowest BCUT2D eigenvalue weighted by molar-refractivity contribution is -0.898. The number of carbonyl (C=O) groups excluding carboxylic acids is 1. The second-order valence-electron chi connectivity index (χ2n) is 7.00. The molecule has 1 amide bonds. The van der Waals surface area contributed by atoms with Gasteiger partial charge in [0.25, 0.3) is 0 Å². The monoisotopic (exact) mass is 404 g/mol. The molecule has 4 nitrogen and oxygen atoms in total. The lowest BCUT2D eigenvalue weighted by Gasteiger charge is -2.38.